The summed E-state index contributed by atoms with van der Waals surface area (Å²) >= 11 is 1.77. The van der Waals surface area contributed by atoms with Crippen molar-refractivity contribution < 1.29 is 4.79 Å². The van der Waals surface area contributed by atoms with Crippen LogP contribution < -0.4 is 0 Å². The largest absolute Gasteiger partial charge is 0.362 e. The molecule has 0 fully saturated rings. The highest BCUT2D eigenvalue weighted by Gasteiger charge is 2.17. The Morgan fingerprint density at radius 3 is 2.75 bits per heavy atom. The van der Waals surface area contributed by atoms with Gasteiger partial charge in [0, 0.05) is 27.9 Å². The summed E-state index contributed by atoms with van der Waals surface area (Å²) in [5.41, 5.74) is 2.82. The number of rotatable bonds is 6. The number of ketones is 1. The Balaban J connectivity index is 1.95. The molecule has 0 aliphatic heterocycles. The van der Waals surface area contributed by atoms with Crippen LogP contribution in [0.4, 0.5) is 0 Å². The van der Waals surface area contributed by atoms with E-state index >= 15 is 0 Å². The van der Waals surface area contributed by atoms with Crippen LogP contribution in [0.5, 0.6) is 0 Å². The molecule has 0 spiro atoms. The van der Waals surface area contributed by atoms with E-state index in [0.29, 0.717) is 12.6 Å². The molecule has 0 amide bonds. The number of likely N-dealkylation sites (N-methyl/N-ethyl adjacent to an activating group) is 1. The quantitative estimate of drug-likeness (QED) is 0.827. The lowest BCUT2D eigenvalue weighted by Gasteiger charge is -2.23. The fourth-order valence-corrected chi connectivity index (χ4v) is 3.18. The summed E-state index contributed by atoms with van der Waals surface area (Å²) in [5, 5.41) is 2.10. The first-order valence-corrected chi connectivity index (χ1v) is 7.77. The molecule has 1 unspecified atom stereocenters. The second kappa shape index (κ2) is 6.37. The zero-order chi connectivity index (χ0) is 14.7. The molecule has 2 aromatic rings. The van der Waals surface area contributed by atoms with Crippen molar-refractivity contribution >= 4 is 17.1 Å². The van der Waals surface area contributed by atoms with Crippen LogP contribution in [0.2, 0.25) is 0 Å². The summed E-state index contributed by atoms with van der Waals surface area (Å²) in [5.74, 6) is 0.187. The van der Waals surface area contributed by atoms with Gasteiger partial charge in [-0.25, -0.2) is 0 Å². The molecule has 0 aliphatic rings. The summed E-state index contributed by atoms with van der Waals surface area (Å²) < 4.78 is 0. The molecule has 0 aliphatic carbocycles. The van der Waals surface area contributed by atoms with Crippen molar-refractivity contribution in [1.29, 1.82) is 0 Å². The SMILES string of the molecule is Cc1cc(C(=O)CN(C)C(C)Cc2cccs2)c(C)[nH]1. The molecule has 20 heavy (non-hydrogen) atoms. The van der Waals surface area contributed by atoms with Crippen LogP contribution in [-0.4, -0.2) is 35.3 Å². The van der Waals surface area contributed by atoms with Crippen LogP contribution >= 0.6 is 11.3 Å². The Morgan fingerprint density at radius 2 is 2.20 bits per heavy atom. The second-order valence-electron chi connectivity index (χ2n) is 5.46. The van der Waals surface area contributed by atoms with Gasteiger partial charge in [0.25, 0.3) is 0 Å². The lowest BCUT2D eigenvalue weighted by molar-refractivity contribution is 0.0924. The zero-order valence-corrected chi connectivity index (χ0v) is 13.4. The third-order valence-corrected chi connectivity index (χ3v) is 4.57. The van der Waals surface area contributed by atoms with Crippen molar-refractivity contribution in [3.05, 3.63) is 45.4 Å². The number of Topliss-reactive ketones (excluding diaryl/α,β-unsaturated/α-hetero) is 1. The summed E-state index contributed by atoms with van der Waals surface area (Å²) in [6.07, 6.45) is 0.993. The molecule has 2 aromatic heterocycles. The first-order chi connectivity index (χ1) is 9.47. The Bertz CT molecular complexity index is 571. The number of nitrogens with one attached hydrogen (secondary N) is 1. The number of carbonyl (C=O) groups is 1. The standard InChI is InChI=1S/C16H22N2OS/c1-11-8-15(13(3)17-11)16(19)10-18(4)12(2)9-14-6-5-7-20-14/h5-8,12,17H,9-10H2,1-4H3. The first kappa shape index (κ1) is 15.0. The van der Waals surface area contributed by atoms with Gasteiger partial charge >= 0.3 is 0 Å². The van der Waals surface area contributed by atoms with Crippen molar-refractivity contribution in [3.63, 3.8) is 0 Å². The van der Waals surface area contributed by atoms with E-state index in [4.69, 9.17) is 0 Å². The van der Waals surface area contributed by atoms with E-state index in [0.717, 1.165) is 23.4 Å². The average Bonchev–Trinajstić information content (AvgIpc) is 2.98. The molecule has 4 heteroatoms. The number of hydrogen-bond donors (Lipinski definition) is 1. The van der Waals surface area contributed by atoms with Gasteiger partial charge in [-0.1, -0.05) is 6.07 Å². The molecule has 2 heterocycles. The van der Waals surface area contributed by atoms with Crippen molar-refractivity contribution in [2.24, 2.45) is 0 Å². The topological polar surface area (TPSA) is 36.1 Å². The molecule has 3 nitrogen and oxygen atoms in total. The lowest BCUT2D eigenvalue weighted by atomic mass is 10.1. The van der Waals surface area contributed by atoms with Gasteiger partial charge < -0.3 is 4.98 Å². The van der Waals surface area contributed by atoms with E-state index in [1.165, 1.54) is 4.88 Å². The van der Waals surface area contributed by atoms with Gasteiger partial charge in [0.2, 0.25) is 0 Å². The van der Waals surface area contributed by atoms with Crippen molar-refractivity contribution in [2.45, 2.75) is 33.2 Å². The molecule has 108 valence electrons. The van der Waals surface area contributed by atoms with E-state index in [2.05, 4.69) is 34.3 Å². The second-order valence-corrected chi connectivity index (χ2v) is 6.49. The summed E-state index contributed by atoms with van der Waals surface area (Å²) in [6, 6.07) is 6.52. The maximum Gasteiger partial charge on any atom is 0.178 e. The highest BCUT2D eigenvalue weighted by Crippen LogP contribution is 2.15. The molecule has 0 aromatic carbocycles. The third kappa shape index (κ3) is 3.58. The highest BCUT2D eigenvalue weighted by molar-refractivity contribution is 7.09. The van der Waals surface area contributed by atoms with Gasteiger partial charge in [0.15, 0.2) is 5.78 Å². The van der Waals surface area contributed by atoms with Crippen molar-refractivity contribution in [2.75, 3.05) is 13.6 Å². The van der Waals surface area contributed by atoms with E-state index < -0.39 is 0 Å². The minimum atomic E-state index is 0.187. The van der Waals surface area contributed by atoms with Gasteiger partial charge in [-0.05, 0) is 51.8 Å². The van der Waals surface area contributed by atoms with Gasteiger partial charge in [-0.2, -0.15) is 0 Å². The number of aryl methyl sites for hydroxylation is 2. The normalized spacial score (nSPS) is 12.8. The minimum absolute atomic E-state index is 0.187. The Hall–Kier alpha value is -1.39. The average molecular weight is 290 g/mol. The molecule has 2 rings (SSSR count). The summed E-state index contributed by atoms with van der Waals surface area (Å²) in [6.45, 7) is 6.56. The number of aromatic nitrogens is 1. The van der Waals surface area contributed by atoms with E-state index in [1.807, 2.05) is 27.0 Å². The van der Waals surface area contributed by atoms with Crippen LogP contribution in [0.1, 0.15) is 33.5 Å². The number of nitrogens with zero attached hydrogens (tertiary/aromatic N) is 1. The predicted molar refractivity (Wildman–Crippen MR) is 84.7 cm³/mol. The Kier molecular flexibility index (Phi) is 4.78. The zero-order valence-electron chi connectivity index (χ0n) is 12.6. The molecule has 1 atom stereocenters. The number of hydrogen-bond acceptors (Lipinski definition) is 3. The third-order valence-electron chi connectivity index (χ3n) is 3.67. The molecule has 0 saturated heterocycles. The van der Waals surface area contributed by atoms with Gasteiger partial charge in [-0.15, -0.1) is 11.3 Å². The Labute approximate surface area is 124 Å². The maximum atomic E-state index is 12.3. The maximum absolute atomic E-state index is 12.3. The molecule has 1 N–H and O–H groups in total. The number of aromatic amines is 1. The van der Waals surface area contributed by atoms with Crippen molar-refractivity contribution in [3.8, 4) is 0 Å². The van der Waals surface area contributed by atoms with Crippen LogP contribution in [0.3, 0.4) is 0 Å². The molecule has 0 saturated carbocycles. The molecule has 0 radical (unpaired) electrons. The fourth-order valence-electron chi connectivity index (χ4n) is 2.36. The summed E-state index contributed by atoms with van der Waals surface area (Å²) in [7, 11) is 2.02. The lowest BCUT2D eigenvalue weighted by Crippen LogP contribution is -2.35. The molecular formula is C16H22N2OS. The van der Waals surface area contributed by atoms with Crippen LogP contribution in [0.15, 0.2) is 23.6 Å². The van der Waals surface area contributed by atoms with Crippen LogP contribution in [-0.2, 0) is 6.42 Å². The minimum Gasteiger partial charge on any atom is -0.362 e. The van der Waals surface area contributed by atoms with Crippen LogP contribution in [0, 0.1) is 13.8 Å². The molecule has 0 bridgehead atoms. The fraction of sp³-hybridized carbons (Fsp3) is 0.438. The summed E-state index contributed by atoms with van der Waals surface area (Å²) in [4.78, 5) is 19.0. The van der Waals surface area contributed by atoms with Gasteiger partial charge in [0.05, 0.1) is 6.54 Å². The number of carbonyl (C=O) groups excluding carboxylic acids is 1. The van der Waals surface area contributed by atoms with Crippen LogP contribution in [0.25, 0.3) is 0 Å². The number of H-pyrrole nitrogens is 1. The van der Waals surface area contributed by atoms with Gasteiger partial charge in [-0.3, -0.25) is 9.69 Å². The number of thiophene rings is 1. The van der Waals surface area contributed by atoms with E-state index in [1.54, 1.807) is 11.3 Å². The monoisotopic (exact) mass is 290 g/mol. The first-order valence-electron chi connectivity index (χ1n) is 6.89. The smallest absolute Gasteiger partial charge is 0.178 e. The molecular weight excluding hydrogens is 268 g/mol. The predicted octanol–water partition coefficient (Wildman–Crippen LogP) is 3.44. The van der Waals surface area contributed by atoms with E-state index in [-0.39, 0.29) is 5.78 Å². The van der Waals surface area contributed by atoms with Crippen molar-refractivity contribution in [1.82, 2.24) is 9.88 Å². The highest BCUT2D eigenvalue weighted by atomic mass is 32.1. The van der Waals surface area contributed by atoms with E-state index in [9.17, 15) is 4.79 Å². The Morgan fingerprint density at radius 1 is 1.45 bits per heavy atom. The van der Waals surface area contributed by atoms with Gasteiger partial charge in [0.1, 0.15) is 0 Å².